The third-order valence-corrected chi connectivity index (χ3v) is 2.41. The molecule has 0 spiro atoms. The molecule has 0 aliphatic heterocycles. The van der Waals surface area contributed by atoms with Crippen LogP contribution >= 0.6 is 0 Å². The van der Waals surface area contributed by atoms with Crippen LogP contribution in [-0.4, -0.2) is 28.9 Å². The number of hydrogen-bond acceptors (Lipinski definition) is 4. The molecule has 4 N–H and O–H groups in total. The molecule has 0 amide bonds. The van der Waals surface area contributed by atoms with E-state index < -0.39 is 10.1 Å². The molecule has 74 valence electrons. The van der Waals surface area contributed by atoms with Gasteiger partial charge < -0.3 is 5.73 Å². The lowest BCUT2D eigenvalue weighted by atomic mass is 10.2. The largest absolute Gasteiger partial charge is 0.382 e. The molecule has 0 radical (unpaired) electrons. The van der Waals surface area contributed by atoms with E-state index in [2.05, 4.69) is 10.2 Å². The summed E-state index contributed by atoms with van der Waals surface area (Å²) in [4.78, 5) is 0. The average molecular weight is 205 g/mol. The topological polar surface area (TPSA) is 109 Å². The normalized spacial score (nSPS) is 11.8. The molecular weight excluding hydrogens is 194 g/mol. The molecule has 0 aromatic carbocycles. The predicted octanol–water partition coefficient (Wildman–Crippen LogP) is -0.188. The third-order valence-electron chi connectivity index (χ3n) is 1.60. The zero-order valence-corrected chi connectivity index (χ0v) is 7.71. The van der Waals surface area contributed by atoms with Gasteiger partial charge in [0.15, 0.2) is 0 Å². The molecule has 0 saturated carbocycles. The molecular formula is C6H11N3O3S. The summed E-state index contributed by atoms with van der Waals surface area (Å²) in [7, 11) is -3.86. The Morgan fingerprint density at radius 2 is 2.31 bits per heavy atom. The van der Waals surface area contributed by atoms with Gasteiger partial charge in [-0.1, -0.05) is 0 Å². The number of nitrogen functional groups attached to an aromatic ring is 1. The van der Waals surface area contributed by atoms with E-state index in [-0.39, 0.29) is 5.75 Å². The van der Waals surface area contributed by atoms with E-state index in [4.69, 9.17) is 10.3 Å². The van der Waals surface area contributed by atoms with Crippen molar-refractivity contribution in [3.8, 4) is 0 Å². The maximum atomic E-state index is 10.3. The van der Waals surface area contributed by atoms with Gasteiger partial charge in [-0.25, -0.2) is 0 Å². The van der Waals surface area contributed by atoms with E-state index in [9.17, 15) is 8.42 Å². The number of rotatable bonds is 4. The number of aryl methyl sites for hydroxylation is 1. The molecule has 0 unspecified atom stereocenters. The SMILES string of the molecule is Nc1n[nH]cc1CCCS(=O)(=O)O. The van der Waals surface area contributed by atoms with E-state index in [1.54, 1.807) is 6.20 Å². The van der Waals surface area contributed by atoms with Crippen LogP contribution in [0, 0.1) is 0 Å². The van der Waals surface area contributed by atoms with Crippen molar-refractivity contribution in [3.63, 3.8) is 0 Å². The lowest BCUT2D eigenvalue weighted by molar-refractivity contribution is 0.481. The van der Waals surface area contributed by atoms with Gasteiger partial charge in [0.2, 0.25) is 0 Å². The van der Waals surface area contributed by atoms with Crippen molar-refractivity contribution in [1.82, 2.24) is 10.2 Å². The van der Waals surface area contributed by atoms with Gasteiger partial charge in [-0.15, -0.1) is 0 Å². The highest BCUT2D eigenvalue weighted by Gasteiger charge is 2.06. The molecule has 1 aromatic rings. The average Bonchev–Trinajstić information content (AvgIpc) is 2.34. The maximum Gasteiger partial charge on any atom is 0.264 e. The molecule has 1 rings (SSSR count). The Hall–Kier alpha value is -1.08. The number of hydrogen-bond donors (Lipinski definition) is 3. The highest BCUT2D eigenvalue weighted by atomic mass is 32.2. The van der Waals surface area contributed by atoms with Crippen LogP contribution in [0.5, 0.6) is 0 Å². The molecule has 0 aliphatic carbocycles. The molecule has 1 aromatic heterocycles. The van der Waals surface area contributed by atoms with E-state index in [1.807, 2.05) is 0 Å². The fourth-order valence-electron chi connectivity index (χ4n) is 0.971. The van der Waals surface area contributed by atoms with Gasteiger partial charge >= 0.3 is 0 Å². The first-order valence-corrected chi connectivity index (χ1v) is 5.33. The lowest BCUT2D eigenvalue weighted by Crippen LogP contribution is -2.05. The Kier molecular flexibility index (Phi) is 2.89. The fourth-order valence-corrected chi connectivity index (χ4v) is 1.48. The third kappa shape index (κ3) is 3.43. The molecule has 6 nitrogen and oxygen atoms in total. The van der Waals surface area contributed by atoms with Gasteiger partial charge in [-0.3, -0.25) is 9.65 Å². The van der Waals surface area contributed by atoms with Crippen molar-refractivity contribution in [2.75, 3.05) is 11.5 Å². The Morgan fingerprint density at radius 3 is 2.77 bits per heavy atom. The van der Waals surface area contributed by atoms with Gasteiger partial charge in [0, 0.05) is 11.8 Å². The van der Waals surface area contributed by atoms with Crippen LogP contribution in [0.15, 0.2) is 6.20 Å². The number of nitrogens with two attached hydrogens (primary N) is 1. The molecule has 0 atom stereocenters. The Bertz CT molecular complexity index is 370. The number of anilines is 1. The smallest absolute Gasteiger partial charge is 0.264 e. The lowest BCUT2D eigenvalue weighted by Gasteiger charge is -1.96. The first-order valence-electron chi connectivity index (χ1n) is 3.72. The van der Waals surface area contributed by atoms with E-state index in [1.165, 1.54) is 0 Å². The van der Waals surface area contributed by atoms with Gasteiger partial charge in [0.1, 0.15) is 5.82 Å². The molecule has 0 bridgehead atoms. The zero-order valence-electron chi connectivity index (χ0n) is 6.90. The number of aromatic amines is 1. The summed E-state index contributed by atoms with van der Waals surface area (Å²) in [5.41, 5.74) is 6.20. The van der Waals surface area contributed by atoms with Crippen molar-refractivity contribution in [3.05, 3.63) is 11.8 Å². The first kappa shape index (κ1) is 10.0. The minimum atomic E-state index is -3.86. The van der Waals surface area contributed by atoms with Crippen molar-refractivity contribution >= 4 is 15.9 Å². The quantitative estimate of drug-likeness (QED) is 0.590. The molecule has 13 heavy (non-hydrogen) atoms. The van der Waals surface area contributed by atoms with Gasteiger partial charge in [-0.2, -0.15) is 13.5 Å². The molecule has 0 aliphatic rings. The number of aromatic nitrogens is 2. The van der Waals surface area contributed by atoms with Gasteiger partial charge in [0.25, 0.3) is 10.1 Å². The maximum absolute atomic E-state index is 10.3. The number of H-pyrrole nitrogens is 1. The van der Waals surface area contributed by atoms with Crippen LogP contribution < -0.4 is 5.73 Å². The van der Waals surface area contributed by atoms with Gasteiger partial charge in [-0.05, 0) is 12.8 Å². The zero-order chi connectivity index (χ0) is 9.90. The van der Waals surface area contributed by atoms with Crippen LogP contribution in [0.4, 0.5) is 5.82 Å². The van der Waals surface area contributed by atoms with E-state index >= 15 is 0 Å². The van der Waals surface area contributed by atoms with Crippen molar-refractivity contribution in [2.24, 2.45) is 0 Å². The highest BCUT2D eigenvalue weighted by molar-refractivity contribution is 7.85. The summed E-state index contributed by atoms with van der Waals surface area (Å²) in [5, 5.41) is 6.23. The van der Waals surface area contributed by atoms with Crippen molar-refractivity contribution < 1.29 is 13.0 Å². The molecule has 0 fully saturated rings. The number of nitrogens with one attached hydrogen (secondary N) is 1. The summed E-state index contributed by atoms with van der Waals surface area (Å²) in [6.07, 6.45) is 2.43. The Morgan fingerprint density at radius 1 is 1.62 bits per heavy atom. The Balaban J connectivity index is 2.41. The predicted molar refractivity (Wildman–Crippen MR) is 47.7 cm³/mol. The molecule has 0 saturated heterocycles. The minimum absolute atomic E-state index is 0.252. The van der Waals surface area contributed by atoms with Crippen molar-refractivity contribution in [1.29, 1.82) is 0 Å². The van der Waals surface area contributed by atoms with Crippen LogP contribution in [0.1, 0.15) is 12.0 Å². The minimum Gasteiger partial charge on any atom is -0.382 e. The first-order chi connectivity index (χ1) is 5.99. The molecule has 7 heteroatoms. The second kappa shape index (κ2) is 3.75. The fraction of sp³-hybridized carbons (Fsp3) is 0.500. The van der Waals surface area contributed by atoms with Crippen LogP contribution in [0.25, 0.3) is 0 Å². The standard InChI is InChI=1S/C6H11N3O3S/c7-6-5(4-8-9-6)2-1-3-13(10,11)12/h4H,1-3H2,(H3,7,8,9)(H,10,11,12). The monoisotopic (exact) mass is 205 g/mol. The Labute approximate surface area is 75.9 Å². The van der Waals surface area contributed by atoms with Crippen LogP contribution in [-0.2, 0) is 16.5 Å². The summed E-state index contributed by atoms with van der Waals surface area (Å²) in [5.74, 6) is 0.118. The summed E-state index contributed by atoms with van der Waals surface area (Å²) >= 11 is 0. The summed E-state index contributed by atoms with van der Waals surface area (Å²) in [6, 6.07) is 0. The summed E-state index contributed by atoms with van der Waals surface area (Å²) in [6.45, 7) is 0. The van der Waals surface area contributed by atoms with Crippen LogP contribution in [0.2, 0.25) is 0 Å². The van der Waals surface area contributed by atoms with Crippen molar-refractivity contribution in [2.45, 2.75) is 12.8 Å². The van der Waals surface area contributed by atoms with Gasteiger partial charge in [0.05, 0.1) is 5.75 Å². The van der Waals surface area contributed by atoms with E-state index in [0.29, 0.717) is 18.7 Å². The highest BCUT2D eigenvalue weighted by Crippen LogP contribution is 2.08. The number of nitrogens with zero attached hydrogens (tertiary/aromatic N) is 1. The van der Waals surface area contributed by atoms with E-state index in [0.717, 1.165) is 5.56 Å². The second-order valence-electron chi connectivity index (χ2n) is 2.69. The summed E-state index contributed by atoms with van der Waals surface area (Å²) < 4.78 is 29.1. The molecule has 1 heterocycles. The second-order valence-corrected chi connectivity index (χ2v) is 4.26. The van der Waals surface area contributed by atoms with Crippen LogP contribution in [0.3, 0.4) is 0 Å².